The fourth-order valence-corrected chi connectivity index (χ4v) is 2.84. The average Bonchev–Trinajstić information content (AvgIpc) is 2.37. The first kappa shape index (κ1) is 14.1. The van der Waals surface area contributed by atoms with E-state index in [9.17, 15) is 4.39 Å². The highest BCUT2D eigenvalue weighted by molar-refractivity contribution is 5.51. The molecule has 0 bridgehead atoms. The number of hydrogen-bond acceptors (Lipinski definition) is 3. The van der Waals surface area contributed by atoms with E-state index in [4.69, 9.17) is 15.2 Å². The summed E-state index contributed by atoms with van der Waals surface area (Å²) in [5, 5.41) is 0. The van der Waals surface area contributed by atoms with Crippen molar-refractivity contribution in [1.82, 2.24) is 0 Å². The van der Waals surface area contributed by atoms with Crippen molar-refractivity contribution in [3.63, 3.8) is 0 Å². The van der Waals surface area contributed by atoms with Gasteiger partial charge in [0, 0.05) is 29.2 Å². The van der Waals surface area contributed by atoms with Crippen LogP contribution in [0.2, 0.25) is 0 Å². The summed E-state index contributed by atoms with van der Waals surface area (Å²) in [4.78, 5) is 0. The Labute approximate surface area is 113 Å². The van der Waals surface area contributed by atoms with Crippen LogP contribution in [0.4, 0.5) is 4.39 Å². The molecular formula is C15H22FNO2. The van der Waals surface area contributed by atoms with E-state index in [0.29, 0.717) is 17.9 Å². The molecule has 106 valence electrons. The van der Waals surface area contributed by atoms with Gasteiger partial charge >= 0.3 is 0 Å². The zero-order valence-electron chi connectivity index (χ0n) is 11.8. The highest BCUT2D eigenvalue weighted by Crippen LogP contribution is 2.48. The lowest BCUT2D eigenvalue weighted by Gasteiger charge is -2.42. The standard InChI is InChI=1S/C15H22FNO2/c1-10(16)11-7-12(15(9-17)5-4-6-15)14(19-3)8-13(11)18-2/h7-8,10H,4-6,9,17H2,1-3H3. The number of hydrogen-bond donors (Lipinski definition) is 1. The Kier molecular flexibility index (Phi) is 3.99. The van der Waals surface area contributed by atoms with E-state index in [1.54, 1.807) is 20.3 Å². The number of methoxy groups -OCH3 is 2. The normalized spacial score (nSPS) is 18.6. The molecule has 4 heteroatoms. The topological polar surface area (TPSA) is 44.5 Å². The Morgan fingerprint density at radius 2 is 1.89 bits per heavy atom. The maximum absolute atomic E-state index is 13.8. The van der Waals surface area contributed by atoms with Crippen LogP contribution < -0.4 is 15.2 Å². The molecule has 19 heavy (non-hydrogen) atoms. The van der Waals surface area contributed by atoms with Crippen LogP contribution in [-0.2, 0) is 5.41 Å². The van der Waals surface area contributed by atoms with Gasteiger partial charge in [-0.1, -0.05) is 6.42 Å². The molecule has 1 aliphatic rings. The van der Waals surface area contributed by atoms with Crippen molar-refractivity contribution in [2.24, 2.45) is 5.73 Å². The van der Waals surface area contributed by atoms with Crippen LogP contribution in [0.1, 0.15) is 43.5 Å². The Bertz CT molecular complexity index is 450. The summed E-state index contributed by atoms with van der Waals surface area (Å²) in [6.07, 6.45) is 2.15. The van der Waals surface area contributed by atoms with Gasteiger partial charge in [-0.2, -0.15) is 0 Å². The van der Waals surface area contributed by atoms with Gasteiger partial charge in [-0.05, 0) is 25.8 Å². The first-order chi connectivity index (χ1) is 9.07. The molecule has 1 saturated carbocycles. The van der Waals surface area contributed by atoms with Gasteiger partial charge in [0.15, 0.2) is 0 Å². The van der Waals surface area contributed by atoms with Crippen LogP contribution in [-0.4, -0.2) is 20.8 Å². The Morgan fingerprint density at radius 3 is 2.26 bits per heavy atom. The number of benzene rings is 1. The van der Waals surface area contributed by atoms with Crippen LogP contribution in [0.5, 0.6) is 11.5 Å². The number of ether oxygens (including phenoxy) is 2. The quantitative estimate of drug-likeness (QED) is 0.891. The average molecular weight is 267 g/mol. The lowest BCUT2D eigenvalue weighted by atomic mass is 9.64. The molecule has 0 saturated heterocycles. The first-order valence-corrected chi connectivity index (χ1v) is 6.68. The highest BCUT2D eigenvalue weighted by Gasteiger charge is 2.40. The molecule has 1 aromatic carbocycles. The van der Waals surface area contributed by atoms with E-state index in [2.05, 4.69) is 0 Å². The van der Waals surface area contributed by atoms with Crippen LogP contribution in [0, 0.1) is 0 Å². The van der Waals surface area contributed by atoms with Crippen molar-refractivity contribution in [2.75, 3.05) is 20.8 Å². The summed E-state index contributed by atoms with van der Waals surface area (Å²) in [6, 6.07) is 3.64. The second-order valence-electron chi connectivity index (χ2n) is 5.25. The fourth-order valence-electron chi connectivity index (χ4n) is 2.84. The largest absolute Gasteiger partial charge is 0.496 e. The zero-order chi connectivity index (χ0) is 14.0. The lowest BCUT2D eigenvalue weighted by Crippen LogP contribution is -2.41. The number of alkyl halides is 1. The summed E-state index contributed by atoms with van der Waals surface area (Å²) in [6.45, 7) is 2.08. The Hall–Kier alpha value is -1.29. The highest BCUT2D eigenvalue weighted by atomic mass is 19.1. The lowest BCUT2D eigenvalue weighted by molar-refractivity contribution is 0.241. The smallest absolute Gasteiger partial charge is 0.128 e. The van der Waals surface area contributed by atoms with Gasteiger partial charge in [0.25, 0.3) is 0 Å². The monoisotopic (exact) mass is 267 g/mol. The van der Waals surface area contributed by atoms with E-state index in [0.717, 1.165) is 30.6 Å². The molecule has 0 heterocycles. The van der Waals surface area contributed by atoms with Crippen LogP contribution in [0.15, 0.2) is 12.1 Å². The molecule has 0 aliphatic heterocycles. The molecule has 0 amide bonds. The summed E-state index contributed by atoms with van der Waals surface area (Å²) >= 11 is 0. The summed E-state index contributed by atoms with van der Waals surface area (Å²) < 4.78 is 24.5. The third-order valence-electron chi connectivity index (χ3n) is 4.25. The molecule has 2 N–H and O–H groups in total. The minimum Gasteiger partial charge on any atom is -0.496 e. The maximum atomic E-state index is 13.8. The van der Waals surface area contributed by atoms with Crippen molar-refractivity contribution in [3.8, 4) is 11.5 Å². The van der Waals surface area contributed by atoms with Gasteiger partial charge in [-0.15, -0.1) is 0 Å². The van der Waals surface area contributed by atoms with Crippen molar-refractivity contribution in [3.05, 3.63) is 23.3 Å². The van der Waals surface area contributed by atoms with Crippen molar-refractivity contribution >= 4 is 0 Å². The molecule has 0 radical (unpaired) electrons. The van der Waals surface area contributed by atoms with E-state index in [1.807, 2.05) is 6.07 Å². The van der Waals surface area contributed by atoms with Gasteiger partial charge in [0.2, 0.25) is 0 Å². The van der Waals surface area contributed by atoms with Crippen molar-refractivity contribution < 1.29 is 13.9 Å². The molecule has 0 spiro atoms. The summed E-state index contributed by atoms with van der Waals surface area (Å²) in [5.74, 6) is 1.27. The molecule has 0 aromatic heterocycles. The second-order valence-corrected chi connectivity index (χ2v) is 5.25. The van der Waals surface area contributed by atoms with Crippen LogP contribution in [0.3, 0.4) is 0 Å². The minimum atomic E-state index is -1.07. The van der Waals surface area contributed by atoms with Crippen LogP contribution in [0.25, 0.3) is 0 Å². The van der Waals surface area contributed by atoms with Crippen LogP contribution >= 0.6 is 0 Å². The molecule has 1 fully saturated rings. The van der Waals surface area contributed by atoms with Gasteiger partial charge in [-0.3, -0.25) is 0 Å². The first-order valence-electron chi connectivity index (χ1n) is 6.68. The van der Waals surface area contributed by atoms with E-state index in [-0.39, 0.29) is 5.41 Å². The zero-order valence-corrected chi connectivity index (χ0v) is 11.8. The maximum Gasteiger partial charge on any atom is 0.128 e. The molecule has 2 rings (SSSR count). The molecule has 1 atom stereocenters. The summed E-state index contributed by atoms with van der Waals surface area (Å²) in [5.41, 5.74) is 7.47. The third kappa shape index (κ3) is 2.29. The Balaban J connectivity index is 2.55. The second kappa shape index (κ2) is 5.37. The minimum absolute atomic E-state index is 0.0543. The SMILES string of the molecule is COc1cc(OC)c(C2(CN)CCC2)cc1C(C)F. The molecule has 1 unspecified atom stereocenters. The molecular weight excluding hydrogens is 245 g/mol. The van der Waals surface area contributed by atoms with Gasteiger partial charge < -0.3 is 15.2 Å². The predicted molar refractivity (Wildman–Crippen MR) is 73.7 cm³/mol. The summed E-state index contributed by atoms with van der Waals surface area (Å²) in [7, 11) is 3.17. The van der Waals surface area contributed by atoms with E-state index in [1.165, 1.54) is 6.92 Å². The van der Waals surface area contributed by atoms with E-state index < -0.39 is 6.17 Å². The predicted octanol–water partition coefficient (Wildman–Crippen LogP) is 3.11. The van der Waals surface area contributed by atoms with E-state index >= 15 is 0 Å². The molecule has 1 aliphatic carbocycles. The van der Waals surface area contributed by atoms with Crippen molar-refractivity contribution in [1.29, 1.82) is 0 Å². The van der Waals surface area contributed by atoms with Gasteiger partial charge in [0.1, 0.15) is 17.7 Å². The van der Waals surface area contributed by atoms with Gasteiger partial charge in [-0.25, -0.2) is 4.39 Å². The number of rotatable bonds is 5. The fraction of sp³-hybridized carbons (Fsp3) is 0.600. The number of halogens is 1. The Morgan fingerprint density at radius 1 is 1.26 bits per heavy atom. The number of nitrogens with two attached hydrogens (primary N) is 1. The van der Waals surface area contributed by atoms with Gasteiger partial charge in [0.05, 0.1) is 14.2 Å². The molecule has 1 aromatic rings. The molecule has 3 nitrogen and oxygen atoms in total. The van der Waals surface area contributed by atoms with Crippen molar-refractivity contribution in [2.45, 2.75) is 37.8 Å². The third-order valence-corrected chi connectivity index (χ3v) is 4.25.